The fourth-order valence-corrected chi connectivity index (χ4v) is 1.04. The third-order valence-electron chi connectivity index (χ3n) is 1.34. The average molecular weight is 254 g/mol. The fraction of sp³-hybridized carbons (Fsp3) is 0.222. The Morgan fingerprint density at radius 1 is 1.21 bits per heavy atom. The highest BCUT2D eigenvalue weighted by molar-refractivity contribution is 6.42. The minimum Gasteiger partial charge on any atom is -0.369 e. The van der Waals surface area contributed by atoms with E-state index in [9.17, 15) is 0 Å². The Kier molecular flexibility index (Phi) is 5.93. The fourth-order valence-electron chi connectivity index (χ4n) is 0.747. The lowest BCUT2D eigenvalue weighted by molar-refractivity contribution is 0.643. The van der Waals surface area contributed by atoms with Crippen LogP contribution in [0.4, 0.5) is 5.69 Å². The second-order valence-corrected chi connectivity index (χ2v) is 3.62. The van der Waals surface area contributed by atoms with Gasteiger partial charge in [-0.25, -0.2) is 4.99 Å². The summed E-state index contributed by atoms with van der Waals surface area (Å²) in [5, 5.41) is 1.07. The molecule has 0 amide bonds. The Morgan fingerprint density at radius 3 is 2.36 bits per heavy atom. The number of halogens is 3. The molecule has 1 rings (SSSR count). The van der Waals surface area contributed by atoms with Gasteiger partial charge in [-0.3, -0.25) is 0 Å². The summed E-state index contributed by atoms with van der Waals surface area (Å²) in [5.41, 5.74) is 0.795. The minimum atomic E-state index is 0. The quantitative estimate of drug-likeness (QED) is 0.580. The minimum absolute atomic E-state index is 0. The van der Waals surface area contributed by atoms with Crippen LogP contribution >= 0.6 is 35.6 Å². The topological polar surface area (TPSA) is 15.6 Å². The largest absolute Gasteiger partial charge is 0.369 e. The zero-order valence-electron chi connectivity index (χ0n) is 7.87. The van der Waals surface area contributed by atoms with E-state index >= 15 is 0 Å². The highest BCUT2D eigenvalue weighted by Gasteiger charge is 1.96. The van der Waals surface area contributed by atoms with E-state index in [-0.39, 0.29) is 12.4 Å². The van der Waals surface area contributed by atoms with Gasteiger partial charge in [0.1, 0.15) is 0 Å². The Bertz CT molecular complexity index is 324. The molecule has 0 radical (unpaired) electrons. The molecule has 1 aromatic carbocycles. The van der Waals surface area contributed by atoms with Gasteiger partial charge in [0.05, 0.1) is 22.1 Å². The van der Waals surface area contributed by atoms with E-state index in [1.165, 1.54) is 0 Å². The molecule has 78 valence electrons. The lowest BCUT2D eigenvalue weighted by atomic mass is 10.3. The van der Waals surface area contributed by atoms with E-state index in [1.54, 1.807) is 18.5 Å². The van der Waals surface area contributed by atoms with Crippen molar-refractivity contribution < 1.29 is 0 Å². The number of hydrogen-bond acceptors (Lipinski definition) is 1. The molecule has 0 fully saturated rings. The molecule has 0 heterocycles. The van der Waals surface area contributed by atoms with Crippen molar-refractivity contribution in [3.63, 3.8) is 0 Å². The normalized spacial score (nSPS) is 10.0. The van der Waals surface area contributed by atoms with Gasteiger partial charge in [-0.1, -0.05) is 23.2 Å². The third-order valence-corrected chi connectivity index (χ3v) is 2.08. The van der Waals surface area contributed by atoms with E-state index in [0.717, 1.165) is 5.69 Å². The lowest BCUT2D eigenvalue weighted by Crippen LogP contribution is -2.06. The second-order valence-electron chi connectivity index (χ2n) is 2.81. The van der Waals surface area contributed by atoms with Crippen LogP contribution in [0.25, 0.3) is 0 Å². The van der Waals surface area contributed by atoms with Crippen LogP contribution < -0.4 is 0 Å². The Morgan fingerprint density at radius 2 is 1.86 bits per heavy atom. The predicted molar refractivity (Wildman–Crippen MR) is 65.5 cm³/mol. The number of rotatable bonds is 2. The molecule has 1 aromatic rings. The summed E-state index contributed by atoms with van der Waals surface area (Å²) in [6.45, 7) is 0. The zero-order chi connectivity index (χ0) is 9.84. The van der Waals surface area contributed by atoms with E-state index in [4.69, 9.17) is 23.2 Å². The summed E-state index contributed by atoms with van der Waals surface area (Å²) in [6.07, 6.45) is 1.71. The van der Waals surface area contributed by atoms with Gasteiger partial charge in [0.25, 0.3) is 0 Å². The summed E-state index contributed by atoms with van der Waals surface area (Å²) in [6, 6.07) is 5.27. The van der Waals surface area contributed by atoms with E-state index in [0.29, 0.717) is 10.0 Å². The van der Waals surface area contributed by atoms with Crippen LogP contribution in [0.3, 0.4) is 0 Å². The van der Waals surface area contributed by atoms with Crippen molar-refractivity contribution in [2.75, 3.05) is 14.1 Å². The van der Waals surface area contributed by atoms with Crippen molar-refractivity contribution in [2.24, 2.45) is 4.99 Å². The molecule has 0 N–H and O–H groups in total. The zero-order valence-corrected chi connectivity index (χ0v) is 10.2. The van der Waals surface area contributed by atoms with Gasteiger partial charge in [0.2, 0.25) is 0 Å². The molecule has 0 aromatic heterocycles. The van der Waals surface area contributed by atoms with Gasteiger partial charge in [-0.2, -0.15) is 0 Å². The molecule has 0 saturated heterocycles. The van der Waals surface area contributed by atoms with Crippen LogP contribution in [-0.4, -0.2) is 25.3 Å². The highest BCUT2D eigenvalue weighted by Crippen LogP contribution is 2.26. The summed E-state index contributed by atoms with van der Waals surface area (Å²) in [5.74, 6) is 0. The van der Waals surface area contributed by atoms with Gasteiger partial charge in [-0.15, -0.1) is 12.4 Å². The van der Waals surface area contributed by atoms with Gasteiger partial charge >= 0.3 is 0 Å². The standard InChI is InChI=1S/C9H10Cl2N2.ClH/c1-13(2)6-12-7-3-4-8(10)9(11)5-7;/h3-6H,1-2H3;1H. The van der Waals surface area contributed by atoms with E-state index in [2.05, 4.69) is 4.99 Å². The average Bonchev–Trinajstić information content (AvgIpc) is 2.07. The van der Waals surface area contributed by atoms with Gasteiger partial charge in [-0.05, 0) is 18.2 Å². The highest BCUT2D eigenvalue weighted by atomic mass is 35.5. The van der Waals surface area contributed by atoms with E-state index in [1.807, 2.05) is 25.1 Å². The smallest absolute Gasteiger partial charge is 0.0907 e. The molecular formula is C9H11Cl3N2. The van der Waals surface area contributed by atoms with Crippen LogP contribution in [0.2, 0.25) is 10.0 Å². The molecule has 0 aliphatic heterocycles. The SMILES string of the molecule is CN(C)C=Nc1ccc(Cl)c(Cl)c1.Cl. The third kappa shape index (κ3) is 4.18. The molecule has 0 aliphatic carbocycles. The van der Waals surface area contributed by atoms with Gasteiger partial charge in [0.15, 0.2) is 0 Å². The molecular weight excluding hydrogens is 242 g/mol. The Balaban J connectivity index is 0.00000169. The molecule has 0 spiro atoms. The van der Waals surface area contributed by atoms with Crippen molar-refractivity contribution in [2.45, 2.75) is 0 Å². The van der Waals surface area contributed by atoms with Crippen LogP contribution in [0.1, 0.15) is 0 Å². The van der Waals surface area contributed by atoms with Crippen molar-refractivity contribution in [1.82, 2.24) is 4.90 Å². The number of nitrogens with zero attached hydrogens (tertiary/aromatic N) is 2. The van der Waals surface area contributed by atoms with Gasteiger partial charge in [0, 0.05) is 14.1 Å². The molecule has 5 heteroatoms. The maximum absolute atomic E-state index is 5.81. The predicted octanol–water partition coefficient (Wildman–Crippen LogP) is 3.64. The first-order valence-electron chi connectivity index (χ1n) is 3.75. The van der Waals surface area contributed by atoms with Crippen molar-refractivity contribution in [1.29, 1.82) is 0 Å². The van der Waals surface area contributed by atoms with Gasteiger partial charge < -0.3 is 4.90 Å². The van der Waals surface area contributed by atoms with Crippen molar-refractivity contribution in [3.8, 4) is 0 Å². The van der Waals surface area contributed by atoms with Crippen molar-refractivity contribution in [3.05, 3.63) is 28.2 Å². The van der Waals surface area contributed by atoms with Crippen LogP contribution in [0.15, 0.2) is 23.2 Å². The second kappa shape index (κ2) is 6.12. The first-order valence-corrected chi connectivity index (χ1v) is 4.51. The van der Waals surface area contributed by atoms with Crippen LogP contribution in [-0.2, 0) is 0 Å². The maximum Gasteiger partial charge on any atom is 0.0907 e. The number of aliphatic imine (C=N–C) groups is 1. The van der Waals surface area contributed by atoms with E-state index < -0.39 is 0 Å². The Labute approximate surface area is 99.9 Å². The number of hydrogen-bond donors (Lipinski definition) is 0. The summed E-state index contributed by atoms with van der Waals surface area (Å²) in [7, 11) is 3.81. The molecule has 0 atom stereocenters. The molecule has 0 bridgehead atoms. The van der Waals surface area contributed by atoms with Crippen LogP contribution in [0, 0.1) is 0 Å². The monoisotopic (exact) mass is 252 g/mol. The van der Waals surface area contributed by atoms with Crippen molar-refractivity contribution >= 4 is 47.6 Å². The lowest BCUT2D eigenvalue weighted by Gasteiger charge is -2.02. The first-order chi connectivity index (χ1) is 6.09. The molecule has 14 heavy (non-hydrogen) atoms. The summed E-state index contributed by atoms with van der Waals surface area (Å²) >= 11 is 11.6. The summed E-state index contributed by atoms with van der Waals surface area (Å²) < 4.78 is 0. The molecule has 2 nitrogen and oxygen atoms in total. The molecule has 0 aliphatic rings. The first kappa shape index (κ1) is 13.6. The molecule has 0 saturated carbocycles. The summed E-state index contributed by atoms with van der Waals surface area (Å²) in [4.78, 5) is 6.02. The van der Waals surface area contributed by atoms with Crippen LogP contribution in [0.5, 0.6) is 0 Å². The maximum atomic E-state index is 5.81. The number of benzene rings is 1. The molecule has 0 unspecified atom stereocenters. The Hall–Kier alpha value is -0.440.